The lowest BCUT2D eigenvalue weighted by molar-refractivity contribution is 0.0696. The smallest absolute Gasteiger partial charge is 0.335 e. The summed E-state index contributed by atoms with van der Waals surface area (Å²) >= 11 is 0. The number of piperidine rings is 1. The van der Waals surface area contributed by atoms with Crippen molar-refractivity contribution in [3.05, 3.63) is 76.4 Å². The summed E-state index contributed by atoms with van der Waals surface area (Å²) in [5.74, 6) is -2.58. The van der Waals surface area contributed by atoms with Crippen LogP contribution in [0.5, 0.6) is 0 Å². The second-order valence-electron chi connectivity index (χ2n) is 6.26. The number of halogens is 2. The van der Waals surface area contributed by atoms with E-state index < -0.39 is 17.6 Å². The minimum atomic E-state index is -0.919. The van der Waals surface area contributed by atoms with Crippen LogP contribution < -0.4 is 0 Å². The molecule has 0 saturated carbocycles. The molecule has 0 unspecified atom stereocenters. The highest BCUT2D eigenvalue weighted by Gasteiger charge is 2.15. The maximum absolute atomic E-state index is 13.3. The molecule has 25 heavy (non-hydrogen) atoms. The van der Waals surface area contributed by atoms with Crippen LogP contribution in [-0.2, 0) is 6.54 Å². The second kappa shape index (κ2) is 7.57. The fraction of sp³-hybridized carbons (Fsp3) is 0.250. The van der Waals surface area contributed by atoms with Crippen molar-refractivity contribution in [3.8, 4) is 0 Å². The van der Waals surface area contributed by atoms with E-state index in [1.165, 1.54) is 11.6 Å². The van der Waals surface area contributed by atoms with E-state index >= 15 is 0 Å². The third-order valence-electron chi connectivity index (χ3n) is 4.39. The highest BCUT2D eigenvalue weighted by atomic mass is 19.2. The molecule has 1 fully saturated rings. The average molecular weight is 343 g/mol. The van der Waals surface area contributed by atoms with Crippen LogP contribution in [0, 0.1) is 11.6 Å². The van der Waals surface area contributed by atoms with Crippen molar-refractivity contribution in [2.45, 2.75) is 19.4 Å². The number of rotatable bonds is 4. The molecular formula is C20H19F2NO2. The van der Waals surface area contributed by atoms with Gasteiger partial charge in [0.1, 0.15) is 0 Å². The van der Waals surface area contributed by atoms with Crippen LogP contribution in [0.1, 0.15) is 34.3 Å². The third kappa shape index (κ3) is 4.51. The molecule has 0 spiro atoms. The number of nitrogens with zero attached hydrogens (tertiary/aromatic N) is 1. The summed E-state index contributed by atoms with van der Waals surface area (Å²) in [4.78, 5) is 13.3. The minimum absolute atomic E-state index is 0.299. The molecule has 0 bridgehead atoms. The van der Waals surface area contributed by atoms with Gasteiger partial charge in [-0.3, -0.25) is 4.90 Å². The maximum Gasteiger partial charge on any atom is 0.335 e. The fourth-order valence-electron chi connectivity index (χ4n) is 3.04. The Morgan fingerprint density at radius 1 is 1.08 bits per heavy atom. The minimum Gasteiger partial charge on any atom is -0.478 e. The molecule has 130 valence electrons. The van der Waals surface area contributed by atoms with Gasteiger partial charge in [-0.05, 0) is 48.2 Å². The standard InChI is InChI=1S/C20H19F2NO2/c21-18-5-4-15(12-19(18)22)10-14-6-8-23(9-7-14)13-16-2-1-3-17(11-16)20(24)25/h1-5,10-12H,6-9,13H2,(H,24,25). The predicted octanol–water partition coefficient (Wildman–Crippen LogP) is 4.34. The van der Waals surface area contributed by atoms with Gasteiger partial charge in [0.05, 0.1) is 5.56 Å². The van der Waals surface area contributed by atoms with Gasteiger partial charge in [-0.2, -0.15) is 0 Å². The number of hydrogen-bond acceptors (Lipinski definition) is 2. The Hall–Kier alpha value is -2.53. The molecule has 1 aliphatic rings. The molecule has 3 nitrogen and oxygen atoms in total. The van der Waals surface area contributed by atoms with Gasteiger partial charge in [-0.1, -0.05) is 29.8 Å². The SMILES string of the molecule is O=C(O)c1cccc(CN2CCC(=Cc3ccc(F)c(F)c3)CC2)c1. The van der Waals surface area contributed by atoms with Gasteiger partial charge in [-0.25, -0.2) is 13.6 Å². The van der Waals surface area contributed by atoms with Gasteiger partial charge in [0.15, 0.2) is 11.6 Å². The molecule has 2 aromatic rings. The topological polar surface area (TPSA) is 40.5 Å². The zero-order chi connectivity index (χ0) is 17.8. The molecule has 0 amide bonds. The summed E-state index contributed by atoms with van der Waals surface area (Å²) < 4.78 is 26.2. The first kappa shape index (κ1) is 17.3. The summed E-state index contributed by atoms with van der Waals surface area (Å²) in [7, 11) is 0. The third-order valence-corrected chi connectivity index (χ3v) is 4.39. The lowest BCUT2D eigenvalue weighted by Gasteiger charge is -2.28. The molecule has 1 saturated heterocycles. The van der Waals surface area contributed by atoms with E-state index in [4.69, 9.17) is 5.11 Å². The lowest BCUT2D eigenvalue weighted by Crippen LogP contribution is -2.30. The van der Waals surface area contributed by atoms with E-state index in [-0.39, 0.29) is 0 Å². The molecule has 0 aromatic heterocycles. The highest BCUT2D eigenvalue weighted by Crippen LogP contribution is 2.22. The Bertz CT molecular complexity index is 807. The monoisotopic (exact) mass is 343 g/mol. The van der Waals surface area contributed by atoms with Crippen molar-refractivity contribution < 1.29 is 18.7 Å². The van der Waals surface area contributed by atoms with Crippen molar-refractivity contribution in [1.82, 2.24) is 4.90 Å². The zero-order valence-electron chi connectivity index (χ0n) is 13.7. The Labute approximate surface area is 145 Å². The predicted molar refractivity (Wildman–Crippen MR) is 92.2 cm³/mol. The molecule has 1 N–H and O–H groups in total. The van der Waals surface area contributed by atoms with Crippen molar-refractivity contribution in [1.29, 1.82) is 0 Å². The molecule has 1 heterocycles. The van der Waals surface area contributed by atoms with Crippen LogP contribution in [0.15, 0.2) is 48.0 Å². The van der Waals surface area contributed by atoms with Crippen LogP contribution >= 0.6 is 0 Å². The summed E-state index contributed by atoms with van der Waals surface area (Å²) in [6, 6.07) is 10.9. The Kier molecular flexibility index (Phi) is 5.24. The molecular weight excluding hydrogens is 324 g/mol. The van der Waals surface area contributed by atoms with E-state index in [1.54, 1.807) is 24.3 Å². The average Bonchev–Trinajstić information content (AvgIpc) is 2.60. The second-order valence-corrected chi connectivity index (χ2v) is 6.26. The Morgan fingerprint density at radius 2 is 1.84 bits per heavy atom. The van der Waals surface area contributed by atoms with Gasteiger partial charge in [-0.15, -0.1) is 0 Å². The van der Waals surface area contributed by atoms with Crippen LogP contribution in [-0.4, -0.2) is 29.1 Å². The number of carboxylic acids is 1. The van der Waals surface area contributed by atoms with Crippen molar-refractivity contribution in [3.63, 3.8) is 0 Å². The van der Waals surface area contributed by atoms with Gasteiger partial charge < -0.3 is 5.11 Å². The maximum atomic E-state index is 13.3. The summed E-state index contributed by atoms with van der Waals surface area (Å²) in [6.07, 6.45) is 3.64. The Balaban J connectivity index is 1.60. The molecule has 5 heteroatoms. The van der Waals surface area contributed by atoms with Crippen LogP contribution in [0.4, 0.5) is 8.78 Å². The van der Waals surface area contributed by atoms with E-state index in [2.05, 4.69) is 4.90 Å². The normalized spacial score (nSPS) is 15.2. The fourth-order valence-corrected chi connectivity index (χ4v) is 3.04. The van der Waals surface area contributed by atoms with Crippen molar-refractivity contribution >= 4 is 12.0 Å². The van der Waals surface area contributed by atoms with Gasteiger partial charge in [0.25, 0.3) is 0 Å². The van der Waals surface area contributed by atoms with E-state index in [0.29, 0.717) is 17.7 Å². The van der Waals surface area contributed by atoms with Crippen LogP contribution in [0.2, 0.25) is 0 Å². The molecule has 3 rings (SSSR count). The Morgan fingerprint density at radius 3 is 2.52 bits per heavy atom. The van der Waals surface area contributed by atoms with E-state index in [9.17, 15) is 13.6 Å². The highest BCUT2D eigenvalue weighted by molar-refractivity contribution is 5.87. The quantitative estimate of drug-likeness (QED) is 0.898. The van der Waals surface area contributed by atoms with Crippen LogP contribution in [0.3, 0.4) is 0 Å². The number of hydrogen-bond donors (Lipinski definition) is 1. The van der Waals surface area contributed by atoms with Gasteiger partial charge >= 0.3 is 5.97 Å². The number of likely N-dealkylation sites (tertiary alicyclic amines) is 1. The van der Waals surface area contributed by atoms with E-state index in [1.807, 2.05) is 12.1 Å². The first-order valence-electron chi connectivity index (χ1n) is 8.20. The molecule has 0 atom stereocenters. The first-order chi connectivity index (χ1) is 12.0. The summed E-state index contributed by atoms with van der Waals surface area (Å²) in [5.41, 5.74) is 3.17. The van der Waals surface area contributed by atoms with Crippen molar-refractivity contribution in [2.75, 3.05) is 13.1 Å². The van der Waals surface area contributed by atoms with Gasteiger partial charge in [0.2, 0.25) is 0 Å². The first-order valence-corrected chi connectivity index (χ1v) is 8.20. The number of aromatic carboxylic acids is 1. The van der Waals surface area contributed by atoms with Crippen LogP contribution in [0.25, 0.3) is 6.08 Å². The van der Waals surface area contributed by atoms with E-state index in [0.717, 1.165) is 37.6 Å². The summed E-state index contributed by atoms with van der Waals surface area (Å²) in [5, 5.41) is 9.06. The molecule has 2 aromatic carbocycles. The number of carbonyl (C=O) groups is 1. The lowest BCUT2D eigenvalue weighted by atomic mass is 10.00. The number of carboxylic acid groups (broad SMARTS) is 1. The summed E-state index contributed by atoms with van der Waals surface area (Å²) in [6.45, 7) is 2.42. The van der Waals surface area contributed by atoms with Crippen molar-refractivity contribution in [2.24, 2.45) is 0 Å². The van der Waals surface area contributed by atoms with Gasteiger partial charge in [0, 0.05) is 19.6 Å². The number of benzene rings is 2. The zero-order valence-corrected chi connectivity index (χ0v) is 13.7. The molecule has 1 aliphatic heterocycles. The molecule has 0 radical (unpaired) electrons. The molecule has 0 aliphatic carbocycles. The largest absolute Gasteiger partial charge is 0.478 e.